The summed E-state index contributed by atoms with van der Waals surface area (Å²) >= 11 is 0. The van der Waals surface area contributed by atoms with Crippen LogP contribution in [0, 0.1) is 11.3 Å². The minimum absolute atomic E-state index is 0.357. The highest BCUT2D eigenvalue weighted by Crippen LogP contribution is 2.13. The van der Waals surface area contributed by atoms with E-state index >= 15 is 0 Å². The van der Waals surface area contributed by atoms with Gasteiger partial charge in [-0.15, -0.1) is 0 Å². The molecule has 4 heteroatoms. The van der Waals surface area contributed by atoms with Gasteiger partial charge in [0.25, 0.3) is 0 Å². The monoisotopic (exact) mass is 219 g/mol. The molecule has 0 saturated heterocycles. The van der Waals surface area contributed by atoms with E-state index in [-0.39, 0.29) is 0 Å². The zero-order chi connectivity index (χ0) is 12.0. The Morgan fingerprint density at radius 3 is 2.69 bits per heavy atom. The third-order valence-corrected chi connectivity index (χ3v) is 2.33. The number of aromatic nitrogens is 1. The largest absolute Gasteiger partial charge is 0.383 e. The first kappa shape index (κ1) is 12.5. The van der Waals surface area contributed by atoms with Gasteiger partial charge in [-0.25, -0.2) is 4.98 Å². The van der Waals surface area contributed by atoms with E-state index < -0.39 is 0 Å². The Kier molecular flexibility index (Phi) is 4.74. The molecule has 1 rings (SSSR count). The van der Waals surface area contributed by atoms with Gasteiger partial charge in [0, 0.05) is 25.9 Å². The van der Waals surface area contributed by atoms with Crippen molar-refractivity contribution in [2.24, 2.45) is 0 Å². The van der Waals surface area contributed by atoms with Crippen molar-refractivity contribution in [3.05, 3.63) is 23.9 Å². The minimum Gasteiger partial charge on any atom is -0.383 e. The van der Waals surface area contributed by atoms with Gasteiger partial charge in [0.1, 0.15) is 11.9 Å². The summed E-state index contributed by atoms with van der Waals surface area (Å²) in [6, 6.07) is 6.07. The van der Waals surface area contributed by atoms with Crippen LogP contribution in [-0.4, -0.2) is 31.3 Å². The van der Waals surface area contributed by atoms with Crippen molar-refractivity contribution in [3.8, 4) is 6.07 Å². The third kappa shape index (κ3) is 3.21. The Bertz CT molecular complexity index is 354. The lowest BCUT2D eigenvalue weighted by Gasteiger charge is -2.27. The highest BCUT2D eigenvalue weighted by molar-refractivity contribution is 5.42. The second-order valence-corrected chi connectivity index (χ2v) is 3.80. The molecule has 4 nitrogen and oxygen atoms in total. The van der Waals surface area contributed by atoms with Gasteiger partial charge in [-0.1, -0.05) is 0 Å². The van der Waals surface area contributed by atoms with E-state index in [0.717, 1.165) is 12.4 Å². The number of hydrogen-bond acceptors (Lipinski definition) is 4. The molecule has 0 amide bonds. The van der Waals surface area contributed by atoms with Crippen molar-refractivity contribution in [3.63, 3.8) is 0 Å². The maximum Gasteiger partial charge on any atom is 0.128 e. The summed E-state index contributed by atoms with van der Waals surface area (Å²) in [6.45, 7) is 5.68. The van der Waals surface area contributed by atoms with Crippen molar-refractivity contribution in [2.75, 3.05) is 25.2 Å². The SMILES string of the molecule is COCCN(c1ccc(C#N)cn1)C(C)C. The molecule has 0 N–H and O–H groups in total. The van der Waals surface area contributed by atoms with Gasteiger partial charge in [0.15, 0.2) is 0 Å². The van der Waals surface area contributed by atoms with E-state index in [9.17, 15) is 0 Å². The molecule has 0 saturated carbocycles. The third-order valence-electron chi connectivity index (χ3n) is 2.33. The molecule has 16 heavy (non-hydrogen) atoms. The summed E-state index contributed by atoms with van der Waals surface area (Å²) in [6.07, 6.45) is 1.59. The van der Waals surface area contributed by atoms with Crippen molar-refractivity contribution in [1.29, 1.82) is 5.26 Å². The van der Waals surface area contributed by atoms with Crippen molar-refractivity contribution in [1.82, 2.24) is 4.98 Å². The number of nitriles is 1. The average Bonchev–Trinajstić information content (AvgIpc) is 2.30. The molecule has 1 aromatic heterocycles. The molecule has 0 radical (unpaired) electrons. The van der Waals surface area contributed by atoms with E-state index in [4.69, 9.17) is 10.00 Å². The Labute approximate surface area is 96.5 Å². The van der Waals surface area contributed by atoms with Crippen LogP contribution in [0.2, 0.25) is 0 Å². The van der Waals surface area contributed by atoms with E-state index in [1.165, 1.54) is 0 Å². The number of hydrogen-bond donors (Lipinski definition) is 0. The number of rotatable bonds is 5. The topological polar surface area (TPSA) is 49.1 Å². The molecule has 0 aromatic carbocycles. The molecule has 0 unspecified atom stereocenters. The molecule has 0 aliphatic rings. The first-order valence-electron chi connectivity index (χ1n) is 5.30. The summed E-state index contributed by atoms with van der Waals surface area (Å²) < 4.78 is 5.07. The second kappa shape index (κ2) is 6.09. The molecule has 86 valence electrons. The number of pyridine rings is 1. The number of anilines is 1. The molecule has 0 bridgehead atoms. The van der Waals surface area contributed by atoms with Crippen molar-refractivity contribution >= 4 is 5.82 Å². The number of nitrogens with zero attached hydrogens (tertiary/aromatic N) is 3. The van der Waals surface area contributed by atoms with Crippen LogP contribution in [0.5, 0.6) is 0 Å². The summed E-state index contributed by atoms with van der Waals surface area (Å²) in [5.74, 6) is 0.881. The Hall–Kier alpha value is -1.60. The van der Waals surface area contributed by atoms with Crippen LogP contribution in [-0.2, 0) is 4.74 Å². The first-order valence-corrected chi connectivity index (χ1v) is 5.30. The molecule has 0 fully saturated rings. The van der Waals surface area contributed by atoms with Crippen LogP contribution in [0.1, 0.15) is 19.4 Å². The summed E-state index contributed by atoms with van der Waals surface area (Å²) in [4.78, 5) is 6.42. The first-order chi connectivity index (χ1) is 7.69. The molecule has 1 heterocycles. The Morgan fingerprint density at radius 2 is 2.25 bits per heavy atom. The minimum atomic E-state index is 0.357. The van der Waals surface area contributed by atoms with Crippen molar-refractivity contribution in [2.45, 2.75) is 19.9 Å². The quantitative estimate of drug-likeness (QED) is 0.758. The summed E-state index contributed by atoms with van der Waals surface area (Å²) in [5.41, 5.74) is 0.583. The molecular formula is C12H17N3O. The van der Waals surface area contributed by atoms with Crippen LogP contribution in [0.4, 0.5) is 5.82 Å². The maximum atomic E-state index is 8.69. The van der Waals surface area contributed by atoms with Gasteiger partial charge in [-0.3, -0.25) is 0 Å². The van der Waals surface area contributed by atoms with Gasteiger partial charge in [-0.05, 0) is 26.0 Å². The predicted molar refractivity (Wildman–Crippen MR) is 63.3 cm³/mol. The standard InChI is InChI=1S/C12H17N3O/c1-10(2)15(6-7-16-3)12-5-4-11(8-13)9-14-12/h4-5,9-10H,6-7H2,1-3H3. The van der Waals surface area contributed by atoms with Crippen LogP contribution in [0.15, 0.2) is 18.3 Å². The molecule has 0 aliphatic heterocycles. The Morgan fingerprint density at radius 1 is 1.50 bits per heavy atom. The molecular weight excluding hydrogens is 202 g/mol. The lowest BCUT2D eigenvalue weighted by atomic mass is 10.2. The molecule has 0 atom stereocenters. The number of ether oxygens (including phenoxy) is 1. The van der Waals surface area contributed by atoms with E-state index in [2.05, 4.69) is 29.8 Å². The predicted octanol–water partition coefficient (Wildman–Crippen LogP) is 1.81. The van der Waals surface area contributed by atoms with Gasteiger partial charge >= 0.3 is 0 Å². The fourth-order valence-corrected chi connectivity index (χ4v) is 1.45. The van der Waals surface area contributed by atoms with Gasteiger partial charge < -0.3 is 9.64 Å². The van der Waals surface area contributed by atoms with E-state index in [1.807, 2.05) is 6.07 Å². The van der Waals surface area contributed by atoms with Crippen LogP contribution in [0.3, 0.4) is 0 Å². The molecule has 0 aliphatic carbocycles. The van der Waals surface area contributed by atoms with Crippen molar-refractivity contribution < 1.29 is 4.74 Å². The highest BCUT2D eigenvalue weighted by atomic mass is 16.5. The number of methoxy groups -OCH3 is 1. The lowest BCUT2D eigenvalue weighted by molar-refractivity contribution is 0.203. The second-order valence-electron chi connectivity index (χ2n) is 3.80. The van der Waals surface area contributed by atoms with E-state index in [0.29, 0.717) is 18.2 Å². The zero-order valence-corrected chi connectivity index (χ0v) is 9.97. The Balaban J connectivity index is 2.80. The van der Waals surface area contributed by atoms with Gasteiger partial charge in [-0.2, -0.15) is 5.26 Å². The molecule has 1 aromatic rings. The van der Waals surface area contributed by atoms with Crippen LogP contribution in [0.25, 0.3) is 0 Å². The van der Waals surface area contributed by atoms with Gasteiger partial charge in [0.2, 0.25) is 0 Å². The van der Waals surface area contributed by atoms with E-state index in [1.54, 1.807) is 19.4 Å². The molecule has 0 spiro atoms. The fraction of sp³-hybridized carbons (Fsp3) is 0.500. The fourth-order valence-electron chi connectivity index (χ4n) is 1.45. The maximum absolute atomic E-state index is 8.69. The highest BCUT2D eigenvalue weighted by Gasteiger charge is 2.11. The summed E-state index contributed by atoms with van der Waals surface area (Å²) in [5, 5.41) is 8.69. The van der Waals surface area contributed by atoms with Crippen LogP contribution >= 0.6 is 0 Å². The van der Waals surface area contributed by atoms with Gasteiger partial charge in [0.05, 0.1) is 12.2 Å². The lowest BCUT2D eigenvalue weighted by Crippen LogP contribution is -2.34. The normalized spacial score (nSPS) is 10.2. The van der Waals surface area contributed by atoms with Crippen LogP contribution < -0.4 is 4.90 Å². The zero-order valence-electron chi connectivity index (χ0n) is 9.97. The smallest absolute Gasteiger partial charge is 0.128 e. The average molecular weight is 219 g/mol. The summed E-state index contributed by atoms with van der Waals surface area (Å²) in [7, 11) is 1.69.